The maximum atomic E-state index is 12.8. The van der Waals surface area contributed by atoms with E-state index in [1.54, 1.807) is 24.3 Å². The average Bonchev–Trinajstić information content (AvgIpc) is 2.78. The molecule has 0 aliphatic heterocycles. The standard InChI is InChI=1S/C26H28N2O3/c1-18(2)21-13-8-10-16-24(21)31-17-25(29)28-23-15-9-7-14-22(23)26(30)27-19(3)20-11-5-4-6-12-20/h4-16,18-19H,17H2,1-3H3,(H,27,30)(H,28,29)/t19-/m1/s1. The SMILES string of the molecule is CC(C)c1ccccc1OCC(=O)Nc1ccccc1C(=O)N[C@H](C)c1ccccc1. The van der Waals surface area contributed by atoms with Crippen LogP contribution >= 0.6 is 0 Å². The summed E-state index contributed by atoms with van der Waals surface area (Å²) < 4.78 is 5.74. The van der Waals surface area contributed by atoms with Crippen LogP contribution in [0.1, 0.15) is 54.2 Å². The molecule has 0 saturated heterocycles. The van der Waals surface area contributed by atoms with E-state index >= 15 is 0 Å². The summed E-state index contributed by atoms with van der Waals surface area (Å²) in [5.74, 6) is 0.402. The molecule has 0 aliphatic rings. The number of para-hydroxylation sites is 2. The van der Waals surface area contributed by atoms with Crippen LogP contribution in [0.3, 0.4) is 0 Å². The van der Waals surface area contributed by atoms with Crippen LogP contribution in [0, 0.1) is 0 Å². The maximum Gasteiger partial charge on any atom is 0.262 e. The lowest BCUT2D eigenvalue weighted by atomic mass is 10.0. The first kappa shape index (κ1) is 22.1. The third-order valence-corrected chi connectivity index (χ3v) is 4.99. The van der Waals surface area contributed by atoms with E-state index in [1.165, 1.54) is 0 Å². The number of benzene rings is 3. The molecule has 3 aromatic rings. The summed E-state index contributed by atoms with van der Waals surface area (Å²) in [5, 5.41) is 5.78. The van der Waals surface area contributed by atoms with E-state index in [0.717, 1.165) is 11.1 Å². The number of anilines is 1. The Morgan fingerprint density at radius 3 is 2.23 bits per heavy atom. The zero-order valence-corrected chi connectivity index (χ0v) is 18.1. The van der Waals surface area contributed by atoms with Crippen molar-refractivity contribution in [3.8, 4) is 5.75 Å². The fourth-order valence-corrected chi connectivity index (χ4v) is 3.31. The van der Waals surface area contributed by atoms with Gasteiger partial charge in [0.15, 0.2) is 6.61 Å². The molecule has 2 amide bonds. The van der Waals surface area contributed by atoms with Gasteiger partial charge in [-0.15, -0.1) is 0 Å². The second kappa shape index (κ2) is 10.4. The van der Waals surface area contributed by atoms with Crippen molar-refractivity contribution in [3.63, 3.8) is 0 Å². The first-order valence-electron chi connectivity index (χ1n) is 10.4. The van der Waals surface area contributed by atoms with Crippen LogP contribution in [0.2, 0.25) is 0 Å². The van der Waals surface area contributed by atoms with Gasteiger partial charge in [0.2, 0.25) is 0 Å². The maximum absolute atomic E-state index is 12.8. The van der Waals surface area contributed by atoms with Gasteiger partial charge in [-0.3, -0.25) is 9.59 Å². The van der Waals surface area contributed by atoms with E-state index in [-0.39, 0.29) is 30.4 Å². The highest BCUT2D eigenvalue weighted by atomic mass is 16.5. The van der Waals surface area contributed by atoms with Gasteiger partial charge in [0.05, 0.1) is 17.3 Å². The average molecular weight is 417 g/mol. The summed E-state index contributed by atoms with van der Waals surface area (Å²) in [6, 6.07) is 24.2. The Morgan fingerprint density at radius 2 is 1.48 bits per heavy atom. The highest BCUT2D eigenvalue weighted by Crippen LogP contribution is 2.26. The Morgan fingerprint density at radius 1 is 0.839 bits per heavy atom. The highest BCUT2D eigenvalue weighted by Gasteiger charge is 2.16. The van der Waals surface area contributed by atoms with Crippen molar-refractivity contribution in [2.45, 2.75) is 32.7 Å². The molecule has 0 spiro atoms. The van der Waals surface area contributed by atoms with Crippen molar-refractivity contribution in [2.75, 3.05) is 11.9 Å². The number of rotatable bonds is 8. The first-order chi connectivity index (χ1) is 15.0. The molecule has 0 unspecified atom stereocenters. The lowest BCUT2D eigenvalue weighted by Gasteiger charge is -2.17. The molecule has 5 heteroatoms. The summed E-state index contributed by atoms with van der Waals surface area (Å²) >= 11 is 0. The molecular weight excluding hydrogens is 388 g/mol. The number of carbonyl (C=O) groups excluding carboxylic acids is 2. The molecule has 0 heterocycles. The summed E-state index contributed by atoms with van der Waals surface area (Å²) in [6.45, 7) is 5.94. The van der Waals surface area contributed by atoms with Crippen LogP contribution in [0.25, 0.3) is 0 Å². The van der Waals surface area contributed by atoms with E-state index in [0.29, 0.717) is 17.0 Å². The molecular formula is C26H28N2O3. The van der Waals surface area contributed by atoms with Gasteiger partial charge in [-0.05, 0) is 42.2 Å². The fraction of sp³-hybridized carbons (Fsp3) is 0.231. The van der Waals surface area contributed by atoms with Crippen LogP contribution < -0.4 is 15.4 Å². The van der Waals surface area contributed by atoms with E-state index in [1.807, 2.05) is 61.5 Å². The molecule has 160 valence electrons. The van der Waals surface area contributed by atoms with Crippen molar-refractivity contribution >= 4 is 17.5 Å². The van der Waals surface area contributed by atoms with Crippen LogP contribution in [0.15, 0.2) is 78.9 Å². The number of hydrogen-bond acceptors (Lipinski definition) is 3. The predicted octanol–water partition coefficient (Wildman–Crippen LogP) is 5.32. The topological polar surface area (TPSA) is 67.4 Å². The highest BCUT2D eigenvalue weighted by molar-refractivity contribution is 6.04. The smallest absolute Gasteiger partial charge is 0.262 e. The number of ether oxygens (including phenoxy) is 1. The van der Waals surface area contributed by atoms with Gasteiger partial charge < -0.3 is 15.4 Å². The molecule has 0 radical (unpaired) electrons. The normalized spacial score (nSPS) is 11.6. The number of hydrogen-bond donors (Lipinski definition) is 2. The van der Waals surface area contributed by atoms with Gasteiger partial charge in [0, 0.05) is 0 Å². The molecule has 1 atom stereocenters. The molecule has 0 aromatic heterocycles. The van der Waals surface area contributed by atoms with Gasteiger partial charge in [0.25, 0.3) is 11.8 Å². The van der Waals surface area contributed by atoms with Crippen molar-refractivity contribution in [1.29, 1.82) is 0 Å². The quantitative estimate of drug-likeness (QED) is 0.522. The Labute approximate surface area is 183 Å². The van der Waals surface area contributed by atoms with Crippen LogP contribution in [-0.4, -0.2) is 18.4 Å². The molecule has 0 bridgehead atoms. The number of amides is 2. The summed E-state index contributed by atoms with van der Waals surface area (Å²) in [4.78, 5) is 25.4. The van der Waals surface area contributed by atoms with Crippen molar-refractivity contribution in [2.24, 2.45) is 0 Å². The Bertz CT molecular complexity index is 1030. The monoisotopic (exact) mass is 416 g/mol. The third kappa shape index (κ3) is 5.95. The zero-order valence-electron chi connectivity index (χ0n) is 18.1. The minimum atomic E-state index is -0.324. The molecule has 0 saturated carbocycles. The molecule has 3 rings (SSSR count). The van der Waals surface area contributed by atoms with Gasteiger partial charge in [-0.1, -0.05) is 74.5 Å². The molecule has 3 aromatic carbocycles. The molecule has 31 heavy (non-hydrogen) atoms. The van der Waals surface area contributed by atoms with E-state index in [2.05, 4.69) is 24.5 Å². The van der Waals surface area contributed by atoms with Crippen molar-refractivity contribution in [1.82, 2.24) is 5.32 Å². The van der Waals surface area contributed by atoms with Crippen LogP contribution in [-0.2, 0) is 4.79 Å². The second-order valence-corrected chi connectivity index (χ2v) is 7.68. The summed E-state index contributed by atoms with van der Waals surface area (Å²) in [5.41, 5.74) is 2.91. The largest absolute Gasteiger partial charge is 0.483 e. The van der Waals surface area contributed by atoms with Gasteiger partial charge in [-0.2, -0.15) is 0 Å². The number of nitrogens with one attached hydrogen (secondary N) is 2. The van der Waals surface area contributed by atoms with Gasteiger partial charge in [0.1, 0.15) is 5.75 Å². The minimum Gasteiger partial charge on any atom is -0.483 e. The third-order valence-electron chi connectivity index (χ3n) is 4.99. The first-order valence-corrected chi connectivity index (χ1v) is 10.4. The van der Waals surface area contributed by atoms with E-state index < -0.39 is 0 Å². The van der Waals surface area contributed by atoms with Gasteiger partial charge in [-0.25, -0.2) is 0 Å². The molecule has 0 aliphatic carbocycles. The zero-order chi connectivity index (χ0) is 22.2. The second-order valence-electron chi connectivity index (χ2n) is 7.68. The Kier molecular flexibility index (Phi) is 7.44. The molecule has 0 fully saturated rings. The summed E-state index contributed by atoms with van der Waals surface area (Å²) in [7, 11) is 0. The number of carbonyl (C=O) groups is 2. The van der Waals surface area contributed by atoms with Crippen molar-refractivity contribution < 1.29 is 14.3 Å². The molecule has 5 nitrogen and oxygen atoms in total. The summed E-state index contributed by atoms with van der Waals surface area (Å²) in [6.07, 6.45) is 0. The van der Waals surface area contributed by atoms with Crippen LogP contribution in [0.4, 0.5) is 5.69 Å². The predicted molar refractivity (Wildman–Crippen MR) is 123 cm³/mol. The minimum absolute atomic E-state index is 0.139. The van der Waals surface area contributed by atoms with Crippen LogP contribution in [0.5, 0.6) is 5.75 Å². The van der Waals surface area contributed by atoms with E-state index in [4.69, 9.17) is 4.74 Å². The van der Waals surface area contributed by atoms with E-state index in [9.17, 15) is 9.59 Å². The molecule has 2 N–H and O–H groups in total. The Hall–Kier alpha value is -3.60. The van der Waals surface area contributed by atoms with Gasteiger partial charge >= 0.3 is 0 Å². The fourth-order valence-electron chi connectivity index (χ4n) is 3.31. The Balaban J connectivity index is 1.65. The lowest BCUT2D eigenvalue weighted by molar-refractivity contribution is -0.118. The lowest BCUT2D eigenvalue weighted by Crippen LogP contribution is -2.28. The van der Waals surface area contributed by atoms with Crippen molar-refractivity contribution in [3.05, 3.63) is 95.6 Å².